The van der Waals surface area contributed by atoms with Crippen molar-refractivity contribution in [3.8, 4) is 5.75 Å². The normalized spacial score (nSPS) is 18.8. The number of rotatable bonds is 7. The summed E-state index contributed by atoms with van der Waals surface area (Å²) in [6.45, 7) is 3.20. The molecule has 0 bridgehead atoms. The summed E-state index contributed by atoms with van der Waals surface area (Å²) in [7, 11) is -2.09. The van der Waals surface area contributed by atoms with Crippen LogP contribution >= 0.6 is 0 Å². The van der Waals surface area contributed by atoms with Crippen molar-refractivity contribution in [2.24, 2.45) is 0 Å². The fraction of sp³-hybridized carbons (Fsp3) is 0.632. The van der Waals surface area contributed by atoms with Crippen molar-refractivity contribution in [2.45, 2.75) is 43.0 Å². The third kappa shape index (κ3) is 4.80. The first-order valence-electron chi connectivity index (χ1n) is 9.67. The predicted octanol–water partition coefficient (Wildman–Crippen LogP) is 1.45. The topological polar surface area (TPSA) is 79.0 Å². The van der Waals surface area contributed by atoms with Gasteiger partial charge in [0.05, 0.1) is 12.0 Å². The summed E-state index contributed by atoms with van der Waals surface area (Å²) in [5.41, 5.74) is 0. The number of piperazine rings is 1. The van der Waals surface area contributed by atoms with Crippen molar-refractivity contribution >= 4 is 15.9 Å². The van der Waals surface area contributed by atoms with E-state index in [1.807, 2.05) is 4.90 Å². The van der Waals surface area contributed by atoms with Crippen LogP contribution in [0.1, 0.15) is 32.1 Å². The zero-order chi connectivity index (χ0) is 19.3. The van der Waals surface area contributed by atoms with Gasteiger partial charge in [-0.15, -0.1) is 0 Å². The second-order valence-corrected chi connectivity index (χ2v) is 9.00. The molecule has 0 atom stereocenters. The van der Waals surface area contributed by atoms with E-state index in [1.165, 1.54) is 0 Å². The summed E-state index contributed by atoms with van der Waals surface area (Å²) in [4.78, 5) is 14.6. The maximum absolute atomic E-state index is 13.3. The van der Waals surface area contributed by atoms with Gasteiger partial charge in [-0.1, -0.05) is 12.8 Å². The summed E-state index contributed by atoms with van der Waals surface area (Å²) >= 11 is 0. The zero-order valence-electron chi connectivity index (χ0n) is 15.9. The average molecular weight is 396 g/mol. The molecular weight excluding hydrogens is 366 g/mol. The fourth-order valence-corrected chi connectivity index (χ4v) is 5.54. The maximum atomic E-state index is 13.3. The second-order valence-electron chi connectivity index (χ2n) is 7.11. The van der Waals surface area contributed by atoms with Gasteiger partial charge in [0.15, 0.2) is 0 Å². The Kier molecular flexibility index (Phi) is 6.73. The van der Waals surface area contributed by atoms with Crippen LogP contribution in [0.5, 0.6) is 5.75 Å². The predicted molar refractivity (Wildman–Crippen MR) is 103 cm³/mol. The second kappa shape index (κ2) is 9.03. The smallest absolute Gasteiger partial charge is 0.243 e. The van der Waals surface area contributed by atoms with E-state index >= 15 is 0 Å². The number of sulfonamides is 1. The van der Waals surface area contributed by atoms with Gasteiger partial charge in [-0.3, -0.25) is 4.79 Å². The van der Waals surface area contributed by atoms with Crippen molar-refractivity contribution in [3.05, 3.63) is 24.3 Å². The van der Waals surface area contributed by atoms with Crippen LogP contribution < -0.4 is 10.1 Å². The highest BCUT2D eigenvalue weighted by atomic mass is 32.2. The highest BCUT2D eigenvalue weighted by Crippen LogP contribution is 2.29. The Labute approximate surface area is 161 Å². The lowest BCUT2D eigenvalue weighted by molar-refractivity contribution is -0.131. The van der Waals surface area contributed by atoms with Gasteiger partial charge in [0.2, 0.25) is 15.9 Å². The zero-order valence-corrected chi connectivity index (χ0v) is 16.7. The van der Waals surface area contributed by atoms with Crippen LogP contribution in [-0.4, -0.2) is 69.4 Å². The van der Waals surface area contributed by atoms with Crippen molar-refractivity contribution in [3.63, 3.8) is 0 Å². The molecular formula is C19H29N3O4S. The van der Waals surface area contributed by atoms with Crippen LogP contribution in [0.4, 0.5) is 0 Å². The molecule has 2 aliphatic rings. The van der Waals surface area contributed by atoms with Gasteiger partial charge in [-0.05, 0) is 37.1 Å². The first kappa shape index (κ1) is 20.1. The van der Waals surface area contributed by atoms with Crippen molar-refractivity contribution in [2.75, 3.05) is 39.8 Å². The summed E-state index contributed by atoms with van der Waals surface area (Å²) in [5.74, 6) is 0.652. The van der Waals surface area contributed by atoms with E-state index in [9.17, 15) is 13.2 Å². The molecule has 8 heteroatoms. The van der Waals surface area contributed by atoms with Crippen molar-refractivity contribution < 1.29 is 17.9 Å². The van der Waals surface area contributed by atoms with Crippen LogP contribution in [0.25, 0.3) is 0 Å². The Hall–Kier alpha value is -1.64. The van der Waals surface area contributed by atoms with E-state index < -0.39 is 10.0 Å². The molecule has 0 unspecified atom stereocenters. The number of nitrogens with zero attached hydrogens (tertiary/aromatic N) is 2. The Morgan fingerprint density at radius 3 is 2.41 bits per heavy atom. The van der Waals surface area contributed by atoms with Gasteiger partial charge in [0, 0.05) is 45.2 Å². The van der Waals surface area contributed by atoms with Crippen LogP contribution in [0.15, 0.2) is 29.2 Å². The SMILES string of the molecule is COc1ccc(S(=O)(=O)N(CCC(=O)N2CCNCC2)C2CCCC2)cc1. The van der Waals surface area contributed by atoms with Gasteiger partial charge in [-0.25, -0.2) is 8.42 Å². The molecule has 1 saturated carbocycles. The maximum Gasteiger partial charge on any atom is 0.243 e. The summed E-state index contributed by atoms with van der Waals surface area (Å²) in [6, 6.07) is 6.45. The minimum atomic E-state index is -3.64. The Balaban J connectivity index is 1.74. The molecule has 150 valence electrons. The van der Waals surface area contributed by atoms with E-state index in [0.717, 1.165) is 38.8 Å². The van der Waals surface area contributed by atoms with Crippen LogP contribution in [-0.2, 0) is 14.8 Å². The number of carbonyl (C=O) groups excluding carboxylic acids is 1. The lowest BCUT2D eigenvalue weighted by Crippen LogP contribution is -2.48. The number of benzene rings is 1. The summed E-state index contributed by atoms with van der Waals surface area (Å²) in [5, 5.41) is 3.22. The molecule has 2 fully saturated rings. The molecule has 1 aromatic rings. The first-order chi connectivity index (χ1) is 13.0. The molecule has 0 radical (unpaired) electrons. The van der Waals surface area contributed by atoms with Gasteiger partial charge in [0.1, 0.15) is 5.75 Å². The third-order valence-corrected chi connectivity index (χ3v) is 7.38. The van der Waals surface area contributed by atoms with Crippen LogP contribution in [0, 0.1) is 0 Å². The minimum absolute atomic E-state index is 0.0204. The summed E-state index contributed by atoms with van der Waals surface area (Å²) in [6.07, 6.45) is 4.01. The van der Waals surface area contributed by atoms with E-state index in [4.69, 9.17) is 4.74 Å². The number of carbonyl (C=O) groups is 1. The van der Waals surface area contributed by atoms with E-state index in [-0.39, 0.29) is 29.8 Å². The van der Waals surface area contributed by atoms with Gasteiger partial charge in [0.25, 0.3) is 0 Å². The molecule has 1 N–H and O–H groups in total. The van der Waals surface area contributed by atoms with Gasteiger partial charge >= 0.3 is 0 Å². The monoisotopic (exact) mass is 395 g/mol. The number of amides is 1. The average Bonchev–Trinajstić information content (AvgIpc) is 3.23. The molecule has 7 nitrogen and oxygen atoms in total. The van der Waals surface area contributed by atoms with Crippen LogP contribution in [0.2, 0.25) is 0 Å². The minimum Gasteiger partial charge on any atom is -0.497 e. The van der Waals surface area contributed by atoms with E-state index in [2.05, 4.69) is 5.32 Å². The number of ether oxygens (including phenoxy) is 1. The number of methoxy groups -OCH3 is 1. The first-order valence-corrected chi connectivity index (χ1v) is 11.1. The molecule has 1 aliphatic carbocycles. The number of nitrogens with one attached hydrogen (secondary N) is 1. The number of hydrogen-bond donors (Lipinski definition) is 1. The van der Waals surface area contributed by atoms with E-state index in [1.54, 1.807) is 35.7 Å². The molecule has 0 aromatic heterocycles. The lowest BCUT2D eigenvalue weighted by Gasteiger charge is -2.31. The molecule has 1 aromatic carbocycles. The quantitative estimate of drug-likeness (QED) is 0.756. The lowest BCUT2D eigenvalue weighted by atomic mass is 10.2. The highest BCUT2D eigenvalue weighted by molar-refractivity contribution is 7.89. The number of hydrogen-bond acceptors (Lipinski definition) is 5. The third-order valence-electron chi connectivity index (χ3n) is 5.41. The molecule has 1 aliphatic heterocycles. The standard InChI is InChI=1S/C19H29N3O4S/c1-26-17-6-8-18(9-7-17)27(24,25)22(16-4-2-3-5-16)13-10-19(23)21-14-11-20-12-15-21/h6-9,16,20H,2-5,10-15H2,1H3. The summed E-state index contributed by atoms with van der Waals surface area (Å²) < 4.78 is 33.2. The van der Waals surface area contributed by atoms with Crippen LogP contribution in [0.3, 0.4) is 0 Å². The Morgan fingerprint density at radius 2 is 1.81 bits per heavy atom. The molecule has 1 amide bonds. The highest BCUT2D eigenvalue weighted by Gasteiger charge is 2.34. The largest absolute Gasteiger partial charge is 0.497 e. The van der Waals surface area contributed by atoms with Crippen molar-refractivity contribution in [1.29, 1.82) is 0 Å². The van der Waals surface area contributed by atoms with E-state index in [0.29, 0.717) is 18.8 Å². The van der Waals surface area contributed by atoms with Gasteiger partial charge < -0.3 is 15.0 Å². The molecule has 3 rings (SSSR count). The fourth-order valence-electron chi connectivity index (χ4n) is 3.85. The van der Waals surface area contributed by atoms with Crippen molar-refractivity contribution in [1.82, 2.24) is 14.5 Å². The Morgan fingerprint density at radius 1 is 1.19 bits per heavy atom. The Bertz CT molecular complexity index is 724. The molecule has 1 heterocycles. The van der Waals surface area contributed by atoms with Gasteiger partial charge in [-0.2, -0.15) is 4.31 Å². The molecule has 1 saturated heterocycles. The molecule has 0 spiro atoms. The molecule has 27 heavy (non-hydrogen) atoms.